The molecule has 6 aromatic rings. The van der Waals surface area contributed by atoms with Gasteiger partial charge in [0.15, 0.2) is 0 Å². The molecule has 406 valence electrons. The second-order valence-electron chi connectivity index (χ2n) is 20.8. The first-order chi connectivity index (χ1) is 38.1. The van der Waals surface area contributed by atoms with E-state index in [0.717, 1.165) is 59.1 Å². The van der Waals surface area contributed by atoms with Crippen LogP contribution in [-0.2, 0) is 72.3 Å². The van der Waals surface area contributed by atoms with Crippen molar-refractivity contribution in [3.8, 4) is 11.5 Å². The number of carbonyl (C=O) groups excluding carboxylic acids is 6. The fourth-order valence-electron chi connectivity index (χ4n) is 11.3. The molecule has 4 aliphatic heterocycles. The molecule has 1 unspecified atom stereocenters. The molecule has 6 atom stereocenters. The van der Waals surface area contributed by atoms with Gasteiger partial charge in [0.2, 0.25) is 35.4 Å². The highest BCUT2D eigenvalue weighted by atomic mass is 16.5. The van der Waals surface area contributed by atoms with Crippen LogP contribution in [0.4, 0.5) is 0 Å². The van der Waals surface area contributed by atoms with Crippen LogP contribution in [0.3, 0.4) is 0 Å². The Morgan fingerprint density at radius 3 is 2.03 bits per heavy atom. The maximum Gasteiger partial charge on any atom is 0.246 e. The highest BCUT2D eigenvalue weighted by Gasteiger charge is 2.45. The SMILES string of the molecule is COc1cccc2[nH]cc(C[C@H]3NC(=O)[C@H](CCc4ccccc4)NC(=O)[C@@H]4COCCN4C(=O)[C@@H]4Cc5ccccc5CN4C(=O)[C@H](Cc4ccc(OCc5ccccc5)cc4)NC(=O)C(CC4CCNCC4)NC3=O)c12. The lowest BCUT2D eigenvalue weighted by Gasteiger charge is -2.43. The molecule has 78 heavy (non-hydrogen) atoms. The molecule has 6 amide bonds. The van der Waals surface area contributed by atoms with E-state index in [0.29, 0.717) is 35.7 Å². The zero-order valence-corrected chi connectivity index (χ0v) is 43.9. The van der Waals surface area contributed by atoms with Crippen molar-refractivity contribution in [2.45, 2.75) is 101 Å². The maximum absolute atomic E-state index is 15.7. The number of hydrogen-bond acceptors (Lipinski definition) is 10. The smallest absolute Gasteiger partial charge is 0.246 e. The molecule has 1 aromatic heterocycles. The lowest BCUT2D eigenvalue weighted by molar-refractivity contribution is -0.157. The van der Waals surface area contributed by atoms with Gasteiger partial charge in [-0.2, -0.15) is 0 Å². The summed E-state index contributed by atoms with van der Waals surface area (Å²) < 4.78 is 17.8. The molecular weight excluding hydrogens is 989 g/mol. The molecule has 17 heteroatoms. The standard InChI is InChI=1S/C61H68N8O9/c1-76-54-18-10-17-47-55(54)45(35-63-47)33-50-58(72)65-49(31-41-25-27-62-28-26-41)57(71)67-51(32-40-19-22-46(23-20-40)78-37-42-13-6-3-7-14-42)60(74)69-36-44-16-9-8-15-43(44)34-52(69)61(75)68-29-30-77-38-53(68)59(73)64-48(56(70)66-50)24-21-39-11-4-2-5-12-39/h2-20,22-23,35,41,48-53,62-63H,21,24-34,36-38H2,1H3,(H,64,73)(H,65,72)(H,66,70)(H,67,71)/t48-,49?,50+,51-,52-,53-/m0/s1. The minimum atomic E-state index is -1.27. The van der Waals surface area contributed by atoms with Gasteiger partial charge in [-0.1, -0.05) is 103 Å². The summed E-state index contributed by atoms with van der Waals surface area (Å²) >= 11 is 0. The largest absolute Gasteiger partial charge is 0.496 e. The van der Waals surface area contributed by atoms with Crippen molar-refractivity contribution < 1.29 is 43.0 Å². The van der Waals surface area contributed by atoms with Gasteiger partial charge >= 0.3 is 0 Å². The van der Waals surface area contributed by atoms with Crippen LogP contribution in [0.25, 0.3) is 10.9 Å². The van der Waals surface area contributed by atoms with Gasteiger partial charge in [-0.3, -0.25) is 28.8 Å². The van der Waals surface area contributed by atoms with Crippen LogP contribution < -0.4 is 36.1 Å². The summed E-state index contributed by atoms with van der Waals surface area (Å²) in [6, 6.07) is 32.8. The first kappa shape index (κ1) is 53.4. The van der Waals surface area contributed by atoms with Crippen molar-refractivity contribution in [3.05, 3.63) is 167 Å². The van der Waals surface area contributed by atoms with Gasteiger partial charge in [0.25, 0.3) is 0 Å². The van der Waals surface area contributed by atoms with E-state index in [-0.39, 0.29) is 64.3 Å². The first-order valence-corrected chi connectivity index (χ1v) is 27.2. The van der Waals surface area contributed by atoms with Gasteiger partial charge in [0.1, 0.15) is 54.4 Å². The maximum atomic E-state index is 15.7. The summed E-state index contributed by atoms with van der Waals surface area (Å²) in [6.45, 7) is 1.90. The van der Waals surface area contributed by atoms with Crippen molar-refractivity contribution in [3.63, 3.8) is 0 Å². The molecule has 10 rings (SSSR count). The minimum Gasteiger partial charge on any atom is -0.496 e. The Morgan fingerprint density at radius 1 is 0.603 bits per heavy atom. The second kappa shape index (κ2) is 25.0. The topological polar surface area (TPSA) is 213 Å². The number of amides is 6. The summed E-state index contributed by atoms with van der Waals surface area (Å²) in [7, 11) is 1.56. The van der Waals surface area contributed by atoms with Crippen LogP contribution in [0.1, 0.15) is 59.1 Å². The number of methoxy groups -OCH3 is 1. The van der Waals surface area contributed by atoms with E-state index in [2.05, 4.69) is 31.6 Å². The van der Waals surface area contributed by atoms with Crippen molar-refractivity contribution in [1.82, 2.24) is 41.4 Å². The number of morpholine rings is 1. The van der Waals surface area contributed by atoms with Gasteiger partial charge in [0, 0.05) is 49.5 Å². The number of rotatable bonds is 13. The predicted molar refractivity (Wildman–Crippen MR) is 293 cm³/mol. The number of carbonyl (C=O) groups is 6. The van der Waals surface area contributed by atoms with E-state index < -0.39 is 71.7 Å². The van der Waals surface area contributed by atoms with Crippen LogP contribution in [0.5, 0.6) is 11.5 Å². The van der Waals surface area contributed by atoms with Crippen molar-refractivity contribution in [2.75, 3.05) is 40.0 Å². The molecule has 0 spiro atoms. The Morgan fingerprint density at radius 2 is 1.27 bits per heavy atom. The average molecular weight is 1060 g/mol. The van der Waals surface area contributed by atoms with Crippen LogP contribution in [0.2, 0.25) is 0 Å². The van der Waals surface area contributed by atoms with Crippen LogP contribution in [0.15, 0.2) is 134 Å². The third kappa shape index (κ3) is 12.7. The number of aryl methyl sites for hydroxylation is 1. The molecule has 17 nitrogen and oxygen atoms in total. The van der Waals surface area contributed by atoms with Crippen molar-refractivity contribution in [2.24, 2.45) is 5.92 Å². The monoisotopic (exact) mass is 1060 g/mol. The Labute approximate surface area is 454 Å². The van der Waals surface area contributed by atoms with Gasteiger partial charge in [-0.05, 0) is 109 Å². The Kier molecular flexibility index (Phi) is 17.1. The number of ether oxygens (including phenoxy) is 3. The molecule has 5 heterocycles. The molecule has 0 saturated carbocycles. The summed E-state index contributed by atoms with van der Waals surface area (Å²) in [6.07, 6.45) is 4.21. The molecule has 6 N–H and O–H groups in total. The van der Waals surface area contributed by atoms with E-state index in [1.165, 1.54) is 9.80 Å². The molecule has 5 aromatic carbocycles. The number of aromatic amines is 1. The van der Waals surface area contributed by atoms with Gasteiger partial charge in [-0.15, -0.1) is 0 Å². The van der Waals surface area contributed by atoms with E-state index >= 15 is 24.0 Å². The van der Waals surface area contributed by atoms with E-state index in [1.807, 2.05) is 127 Å². The Hall–Kier alpha value is -8.02. The second-order valence-corrected chi connectivity index (χ2v) is 20.8. The Balaban J connectivity index is 1.04. The van der Waals surface area contributed by atoms with E-state index in [1.54, 1.807) is 13.3 Å². The number of hydrogen-bond donors (Lipinski definition) is 6. The fraction of sp³-hybridized carbons (Fsp3) is 0.377. The first-order valence-electron chi connectivity index (χ1n) is 27.2. The van der Waals surface area contributed by atoms with Crippen LogP contribution in [0, 0.1) is 5.92 Å². The number of benzene rings is 5. The number of H-pyrrole nitrogens is 1. The van der Waals surface area contributed by atoms with Crippen molar-refractivity contribution in [1.29, 1.82) is 0 Å². The van der Waals surface area contributed by atoms with E-state index in [4.69, 9.17) is 14.2 Å². The van der Waals surface area contributed by atoms with Gasteiger partial charge in [0.05, 0.1) is 20.3 Å². The molecule has 4 aliphatic rings. The summed E-state index contributed by atoms with van der Waals surface area (Å²) in [4.78, 5) is 97.8. The zero-order chi connectivity index (χ0) is 54.0. The molecule has 0 radical (unpaired) electrons. The van der Waals surface area contributed by atoms with Gasteiger partial charge < -0.3 is 55.6 Å². The molecular formula is C61H68N8O9. The minimum absolute atomic E-state index is 0.0261. The van der Waals surface area contributed by atoms with Crippen LogP contribution in [-0.4, -0.2) is 126 Å². The number of nitrogens with one attached hydrogen (secondary N) is 6. The van der Waals surface area contributed by atoms with Gasteiger partial charge in [-0.25, -0.2) is 0 Å². The highest BCUT2D eigenvalue weighted by molar-refractivity contribution is 5.99. The molecule has 3 fully saturated rings. The number of piperidine rings is 1. The average Bonchev–Trinajstić information content (AvgIpc) is 4.01. The van der Waals surface area contributed by atoms with Crippen molar-refractivity contribution >= 4 is 46.3 Å². The summed E-state index contributed by atoms with van der Waals surface area (Å²) in [5, 5.41) is 16.3. The predicted octanol–water partition coefficient (Wildman–Crippen LogP) is 4.70. The third-order valence-electron chi connectivity index (χ3n) is 15.6. The molecule has 0 bridgehead atoms. The number of aromatic nitrogens is 1. The zero-order valence-electron chi connectivity index (χ0n) is 43.9. The summed E-state index contributed by atoms with van der Waals surface area (Å²) in [5.41, 5.74) is 5.80. The van der Waals surface area contributed by atoms with E-state index in [9.17, 15) is 4.79 Å². The quantitative estimate of drug-likeness (QED) is 0.0939. The number of fused-ring (bicyclic) bond motifs is 4. The highest BCUT2D eigenvalue weighted by Crippen LogP contribution is 2.31. The lowest BCUT2D eigenvalue weighted by atomic mass is 9.89. The lowest BCUT2D eigenvalue weighted by Crippen LogP contribution is -2.65. The normalized spacial score (nSPS) is 22.9. The summed E-state index contributed by atoms with van der Waals surface area (Å²) in [5.74, 6) is -2.20. The third-order valence-corrected chi connectivity index (χ3v) is 15.6. The molecule has 0 aliphatic carbocycles. The molecule has 3 saturated heterocycles. The number of nitrogens with zero attached hydrogens (tertiary/aromatic N) is 2. The van der Waals surface area contributed by atoms with Crippen LogP contribution >= 0.6 is 0 Å². The fourth-order valence-corrected chi connectivity index (χ4v) is 11.3. The Bertz CT molecular complexity index is 3070.